The Bertz CT molecular complexity index is 406. The van der Waals surface area contributed by atoms with Crippen molar-refractivity contribution in [2.45, 2.75) is 31.7 Å². The molecule has 1 aliphatic rings. The van der Waals surface area contributed by atoms with E-state index in [2.05, 4.69) is 5.32 Å². The zero-order valence-electron chi connectivity index (χ0n) is 8.66. The molecule has 1 aromatic rings. The van der Waals surface area contributed by atoms with E-state index >= 15 is 0 Å². The predicted molar refractivity (Wildman–Crippen MR) is 64.1 cm³/mol. The van der Waals surface area contributed by atoms with Gasteiger partial charge < -0.3 is 5.32 Å². The molecule has 1 heterocycles. The molecule has 1 amide bonds. The van der Waals surface area contributed by atoms with Crippen molar-refractivity contribution in [3.05, 3.63) is 21.3 Å². The number of Topliss-reactive ketones (excluding diaryl/α,β-unsaturated/α-hetero) is 1. The van der Waals surface area contributed by atoms with Gasteiger partial charge in [0.15, 0.2) is 0 Å². The predicted octanol–water partition coefficient (Wildman–Crippen LogP) is 2.64. The first-order valence-electron chi connectivity index (χ1n) is 5.22. The normalized spacial score (nSPS) is 17.4. The van der Waals surface area contributed by atoms with Crippen LogP contribution in [0, 0.1) is 0 Å². The van der Waals surface area contributed by atoms with Gasteiger partial charge in [-0.2, -0.15) is 0 Å². The minimum absolute atomic E-state index is 0.114. The third kappa shape index (κ3) is 2.62. The van der Waals surface area contributed by atoms with Crippen LogP contribution in [0.25, 0.3) is 0 Å². The van der Waals surface area contributed by atoms with Crippen molar-refractivity contribution >= 4 is 34.6 Å². The Morgan fingerprint density at radius 1 is 1.44 bits per heavy atom. The fourth-order valence-electron chi connectivity index (χ4n) is 1.79. The quantitative estimate of drug-likeness (QED) is 0.885. The maximum absolute atomic E-state index is 11.8. The smallest absolute Gasteiger partial charge is 0.263 e. The van der Waals surface area contributed by atoms with Gasteiger partial charge in [-0.25, -0.2) is 0 Å². The Kier molecular flexibility index (Phi) is 3.61. The van der Waals surface area contributed by atoms with Crippen LogP contribution in [-0.4, -0.2) is 17.7 Å². The maximum atomic E-state index is 11.8. The molecule has 0 saturated heterocycles. The molecule has 0 aliphatic heterocycles. The number of carbonyl (C=O) groups is 2. The summed E-state index contributed by atoms with van der Waals surface area (Å²) in [6.07, 6.45) is 2.63. The van der Waals surface area contributed by atoms with E-state index in [1.54, 1.807) is 11.4 Å². The number of rotatable bonds is 2. The number of nitrogens with one attached hydrogen (secondary N) is 1. The fourth-order valence-corrected chi connectivity index (χ4v) is 2.83. The fraction of sp³-hybridized carbons (Fsp3) is 0.455. The first-order valence-corrected chi connectivity index (χ1v) is 6.48. The third-order valence-electron chi connectivity index (χ3n) is 2.70. The van der Waals surface area contributed by atoms with Crippen LogP contribution in [0.15, 0.2) is 11.4 Å². The molecule has 0 spiro atoms. The van der Waals surface area contributed by atoms with Crippen molar-refractivity contribution in [3.63, 3.8) is 0 Å². The summed E-state index contributed by atoms with van der Waals surface area (Å²) in [5, 5.41) is 5.21. The van der Waals surface area contributed by atoms with Crippen LogP contribution in [0.3, 0.4) is 0 Å². The number of ketones is 1. The van der Waals surface area contributed by atoms with Gasteiger partial charge in [0.1, 0.15) is 10.7 Å². The summed E-state index contributed by atoms with van der Waals surface area (Å²) in [6, 6.07) is 1.83. The molecule has 0 atom stereocenters. The van der Waals surface area contributed by atoms with E-state index in [1.807, 2.05) is 0 Å². The molecule has 1 aliphatic carbocycles. The lowest BCUT2D eigenvalue weighted by molar-refractivity contribution is -0.120. The van der Waals surface area contributed by atoms with Gasteiger partial charge in [0.25, 0.3) is 5.91 Å². The third-order valence-corrected chi connectivity index (χ3v) is 4.04. The second-order valence-corrected chi connectivity index (χ2v) is 5.21. The lowest BCUT2D eigenvalue weighted by Gasteiger charge is -2.21. The van der Waals surface area contributed by atoms with E-state index in [4.69, 9.17) is 11.6 Å². The van der Waals surface area contributed by atoms with Crippen LogP contribution >= 0.6 is 22.9 Å². The van der Waals surface area contributed by atoms with E-state index in [0.717, 1.165) is 12.8 Å². The van der Waals surface area contributed by atoms with Gasteiger partial charge in [-0.05, 0) is 24.3 Å². The highest BCUT2D eigenvalue weighted by Gasteiger charge is 2.21. The monoisotopic (exact) mass is 257 g/mol. The molecule has 1 saturated carbocycles. The maximum Gasteiger partial charge on any atom is 0.263 e. The summed E-state index contributed by atoms with van der Waals surface area (Å²) in [4.78, 5) is 23.4. The number of hydrogen-bond acceptors (Lipinski definition) is 3. The summed E-state index contributed by atoms with van der Waals surface area (Å²) in [5.41, 5.74) is 0. The van der Waals surface area contributed by atoms with Crippen LogP contribution in [0.2, 0.25) is 5.02 Å². The summed E-state index contributed by atoms with van der Waals surface area (Å²) >= 11 is 7.21. The van der Waals surface area contributed by atoms with E-state index in [-0.39, 0.29) is 11.9 Å². The van der Waals surface area contributed by atoms with Gasteiger partial charge in [0, 0.05) is 18.9 Å². The molecule has 3 nitrogen and oxygen atoms in total. The Morgan fingerprint density at radius 3 is 2.69 bits per heavy atom. The lowest BCUT2D eigenvalue weighted by atomic mass is 9.94. The van der Waals surface area contributed by atoms with Crippen LogP contribution < -0.4 is 5.32 Å². The molecule has 86 valence electrons. The molecular weight excluding hydrogens is 246 g/mol. The molecule has 0 radical (unpaired) electrons. The van der Waals surface area contributed by atoms with Gasteiger partial charge >= 0.3 is 0 Å². The first kappa shape index (κ1) is 11.6. The molecular formula is C11H12ClNO2S. The van der Waals surface area contributed by atoms with E-state index in [1.165, 1.54) is 11.3 Å². The van der Waals surface area contributed by atoms with Crippen molar-refractivity contribution < 1.29 is 9.59 Å². The van der Waals surface area contributed by atoms with Crippen LogP contribution in [0.1, 0.15) is 35.4 Å². The standard InChI is InChI=1S/C11H12ClNO2S/c12-9-5-6-16-10(9)11(15)13-7-1-3-8(14)4-2-7/h5-7H,1-4H2,(H,13,15). The average molecular weight is 258 g/mol. The van der Waals surface area contributed by atoms with Crippen LogP contribution in [0.4, 0.5) is 0 Å². The van der Waals surface area contributed by atoms with Gasteiger partial charge in [0.2, 0.25) is 0 Å². The Balaban J connectivity index is 1.93. The molecule has 1 N–H and O–H groups in total. The highest BCUT2D eigenvalue weighted by molar-refractivity contribution is 7.12. The number of thiophene rings is 1. The lowest BCUT2D eigenvalue weighted by Crippen LogP contribution is -2.37. The minimum atomic E-state index is -0.126. The summed E-state index contributed by atoms with van der Waals surface area (Å²) < 4.78 is 0. The van der Waals surface area contributed by atoms with Gasteiger partial charge in [-0.3, -0.25) is 9.59 Å². The molecule has 0 bridgehead atoms. The molecule has 5 heteroatoms. The van der Waals surface area contributed by atoms with Crippen molar-refractivity contribution in [2.75, 3.05) is 0 Å². The molecule has 0 unspecified atom stereocenters. The largest absolute Gasteiger partial charge is 0.349 e. The van der Waals surface area contributed by atoms with Crippen molar-refractivity contribution in [1.29, 1.82) is 0 Å². The van der Waals surface area contributed by atoms with Crippen molar-refractivity contribution in [3.8, 4) is 0 Å². The Hall–Kier alpha value is -0.870. The number of carbonyl (C=O) groups excluding carboxylic acids is 2. The Morgan fingerprint density at radius 2 is 2.12 bits per heavy atom. The van der Waals surface area contributed by atoms with Gasteiger partial charge in [0.05, 0.1) is 5.02 Å². The minimum Gasteiger partial charge on any atom is -0.349 e. The summed E-state index contributed by atoms with van der Waals surface area (Å²) in [5.74, 6) is 0.166. The van der Waals surface area contributed by atoms with Crippen LogP contribution in [0.5, 0.6) is 0 Å². The van der Waals surface area contributed by atoms with E-state index in [0.29, 0.717) is 28.5 Å². The number of amides is 1. The highest BCUT2D eigenvalue weighted by Crippen LogP contribution is 2.23. The number of hydrogen-bond donors (Lipinski definition) is 1. The van der Waals surface area contributed by atoms with E-state index in [9.17, 15) is 9.59 Å². The zero-order valence-corrected chi connectivity index (χ0v) is 10.2. The average Bonchev–Trinajstić information content (AvgIpc) is 2.68. The zero-order chi connectivity index (χ0) is 11.5. The molecule has 1 aromatic heterocycles. The first-order chi connectivity index (χ1) is 7.66. The topological polar surface area (TPSA) is 46.2 Å². The summed E-state index contributed by atoms with van der Waals surface area (Å²) in [7, 11) is 0. The Labute approximate surface area is 103 Å². The SMILES string of the molecule is O=C1CCC(NC(=O)c2sccc2Cl)CC1. The number of halogens is 1. The molecule has 16 heavy (non-hydrogen) atoms. The van der Waals surface area contributed by atoms with Gasteiger partial charge in [-0.15, -0.1) is 11.3 Å². The highest BCUT2D eigenvalue weighted by atomic mass is 35.5. The van der Waals surface area contributed by atoms with Crippen molar-refractivity contribution in [2.24, 2.45) is 0 Å². The second-order valence-electron chi connectivity index (χ2n) is 3.88. The van der Waals surface area contributed by atoms with Crippen molar-refractivity contribution in [1.82, 2.24) is 5.32 Å². The molecule has 2 rings (SSSR count). The van der Waals surface area contributed by atoms with Gasteiger partial charge in [-0.1, -0.05) is 11.6 Å². The van der Waals surface area contributed by atoms with E-state index < -0.39 is 0 Å². The molecule has 0 aromatic carbocycles. The second kappa shape index (κ2) is 4.97. The molecule has 1 fully saturated rings. The van der Waals surface area contributed by atoms with Crippen LogP contribution in [-0.2, 0) is 4.79 Å². The summed E-state index contributed by atoms with van der Waals surface area (Å²) in [6.45, 7) is 0.